The molecule has 1 aliphatic heterocycles. The third-order valence-electron chi connectivity index (χ3n) is 6.38. The van der Waals surface area contributed by atoms with E-state index in [1.54, 1.807) is 29.2 Å². The number of anilines is 1. The molecule has 12 heteroatoms. The van der Waals surface area contributed by atoms with Gasteiger partial charge >= 0.3 is 0 Å². The van der Waals surface area contributed by atoms with Crippen molar-refractivity contribution < 1.29 is 21.6 Å². The molecule has 0 saturated carbocycles. The molecule has 0 aliphatic carbocycles. The average molecular weight is 565 g/mol. The number of benzene rings is 2. The highest BCUT2D eigenvalue weighted by atomic mass is 32.2. The zero-order valence-corrected chi connectivity index (χ0v) is 23.9. The lowest BCUT2D eigenvalue weighted by atomic mass is 10.0. The molecule has 1 unspecified atom stereocenters. The fourth-order valence-electron chi connectivity index (χ4n) is 4.26. The zero-order valence-electron chi connectivity index (χ0n) is 21.4. The predicted molar refractivity (Wildman–Crippen MR) is 147 cm³/mol. The van der Waals surface area contributed by atoms with Crippen molar-refractivity contribution in [3.63, 3.8) is 0 Å². The van der Waals surface area contributed by atoms with Crippen molar-refractivity contribution in [3.05, 3.63) is 48.0 Å². The lowest BCUT2D eigenvalue weighted by Gasteiger charge is -2.30. The van der Waals surface area contributed by atoms with Gasteiger partial charge in [0.25, 0.3) is 5.91 Å². The highest BCUT2D eigenvalue weighted by Crippen LogP contribution is 2.32. The summed E-state index contributed by atoms with van der Waals surface area (Å²) < 4.78 is 52.4. The summed E-state index contributed by atoms with van der Waals surface area (Å²) in [7, 11) is -3.19. The van der Waals surface area contributed by atoms with Gasteiger partial charge < -0.3 is 4.90 Å². The first kappa shape index (κ1) is 27.6. The molecule has 1 amide bonds. The van der Waals surface area contributed by atoms with Crippen LogP contribution in [-0.4, -0.2) is 83.5 Å². The number of piperidine rings is 1. The molecule has 0 radical (unpaired) electrons. The van der Waals surface area contributed by atoms with Crippen LogP contribution in [0.25, 0.3) is 10.2 Å². The Morgan fingerprint density at radius 1 is 1.05 bits per heavy atom. The Labute approximate surface area is 222 Å². The molecule has 1 fully saturated rings. The van der Waals surface area contributed by atoms with Gasteiger partial charge in [-0.25, -0.2) is 21.8 Å². The van der Waals surface area contributed by atoms with Crippen LogP contribution in [0.2, 0.25) is 0 Å². The first-order valence-corrected chi connectivity index (χ1v) is 16.2. The van der Waals surface area contributed by atoms with E-state index in [0.717, 1.165) is 19.1 Å². The van der Waals surface area contributed by atoms with Gasteiger partial charge in [-0.15, -0.1) is 0 Å². The standard InChI is InChI=1S/C25H32N4O5S3/c1-18-6-5-13-28(17-18)37(33,34)20-9-7-19(8-10-20)24(30)29(15-14-27(2)3)25-26-22-12-11-21(36(4,31)32)16-23(22)35-25/h7-12,16,18H,5-6,13-15,17H2,1-4H3. The van der Waals surface area contributed by atoms with E-state index in [1.807, 2.05) is 19.0 Å². The minimum atomic E-state index is -3.62. The third kappa shape index (κ3) is 6.20. The molecular weight excluding hydrogens is 532 g/mol. The largest absolute Gasteiger partial charge is 0.308 e. The van der Waals surface area contributed by atoms with Gasteiger partial charge in [-0.2, -0.15) is 4.31 Å². The zero-order chi connectivity index (χ0) is 27.0. The van der Waals surface area contributed by atoms with Gasteiger partial charge in [-0.1, -0.05) is 18.3 Å². The van der Waals surface area contributed by atoms with Crippen molar-refractivity contribution >= 4 is 52.5 Å². The van der Waals surface area contributed by atoms with Crippen LogP contribution in [0.4, 0.5) is 5.13 Å². The van der Waals surface area contributed by atoms with Gasteiger partial charge in [0.2, 0.25) is 10.0 Å². The van der Waals surface area contributed by atoms with Crippen LogP contribution in [0.5, 0.6) is 0 Å². The fourth-order valence-corrected chi connectivity index (χ4v) is 7.61. The minimum Gasteiger partial charge on any atom is -0.308 e. The number of thiazole rings is 1. The number of rotatable bonds is 8. The van der Waals surface area contributed by atoms with Crippen molar-refractivity contribution in [1.29, 1.82) is 0 Å². The predicted octanol–water partition coefficient (Wildman–Crippen LogP) is 3.33. The molecule has 3 aromatic rings. The van der Waals surface area contributed by atoms with Crippen LogP contribution >= 0.6 is 11.3 Å². The number of likely N-dealkylation sites (N-methyl/N-ethyl adjacent to an activating group) is 1. The van der Waals surface area contributed by atoms with Crippen LogP contribution in [0, 0.1) is 5.92 Å². The fraction of sp³-hybridized carbons (Fsp3) is 0.440. The molecule has 1 saturated heterocycles. The molecule has 0 N–H and O–H groups in total. The molecule has 37 heavy (non-hydrogen) atoms. The summed E-state index contributed by atoms with van der Waals surface area (Å²) in [5.74, 6) is 0.0109. The van der Waals surface area contributed by atoms with Gasteiger partial charge in [0.1, 0.15) is 0 Å². The molecule has 0 spiro atoms. The molecular formula is C25H32N4O5S3. The molecule has 9 nitrogen and oxygen atoms in total. The lowest BCUT2D eigenvalue weighted by Crippen LogP contribution is -2.39. The SMILES string of the molecule is CC1CCCN(S(=O)(=O)c2ccc(C(=O)N(CCN(C)C)c3nc4ccc(S(C)(=O)=O)cc4s3)cc2)C1. The maximum Gasteiger partial charge on any atom is 0.260 e. The summed E-state index contributed by atoms with van der Waals surface area (Å²) in [4.78, 5) is 22.1. The van der Waals surface area contributed by atoms with E-state index in [2.05, 4.69) is 11.9 Å². The summed E-state index contributed by atoms with van der Waals surface area (Å²) in [6, 6.07) is 10.8. The van der Waals surface area contributed by atoms with Gasteiger partial charge in [-0.3, -0.25) is 9.69 Å². The number of carbonyl (C=O) groups excluding carboxylic acids is 1. The molecule has 1 aromatic heterocycles. The van der Waals surface area contributed by atoms with Gasteiger partial charge in [0.05, 0.1) is 20.0 Å². The number of hydrogen-bond donors (Lipinski definition) is 0. The summed E-state index contributed by atoms with van der Waals surface area (Å²) >= 11 is 1.25. The number of sulfonamides is 1. The lowest BCUT2D eigenvalue weighted by molar-refractivity contribution is 0.0985. The Morgan fingerprint density at radius 2 is 1.73 bits per heavy atom. The van der Waals surface area contributed by atoms with Crippen LogP contribution < -0.4 is 4.90 Å². The summed E-state index contributed by atoms with van der Waals surface area (Å²) in [5.41, 5.74) is 0.952. The third-order valence-corrected chi connectivity index (χ3v) is 10.4. The topological polar surface area (TPSA) is 108 Å². The smallest absolute Gasteiger partial charge is 0.260 e. The Kier molecular flexibility index (Phi) is 8.05. The van der Waals surface area contributed by atoms with E-state index in [4.69, 9.17) is 0 Å². The Bertz CT molecular complexity index is 1500. The summed E-state index contributed by atoms with van der Waals surface area (Å²) in [6.45, 7) is 3.99. The van der Waals surface area contributed by atoms with Gasteiger partial charge in [-0.05, 0) is 75.3 Å². The van der Waals surface area contributed by atoms with Crippen LogP contribution in [0.1, 0.15) is 30.1 Å². The Morgan fingerprint density at radius 3 is 2.35 bits per heavy atom. The highest BCUT2D eigenvalue weighted by Gasteiger charge is 2.29. The molecule has 4 rings (SSSR count). The number of fused-ring (bicyclic) bond motifs is 1. The summed E-state index contributed by atoms with van der Waals surface area (Å²) in [6.07, 6.45) is 3.01. The van der Waals surface area contributed by atoms with E-state index in [9.17, 15) is 21.6 Å². The quantitative estimate of drug-likeness (QED) is 0.413. The maximum atomic E-state index is 13.6. The molecule has 200 valence electrons. The highest BCUT2D eigenvalue weighted by molar-refractivity contribution is 7.90. The Hall–Kier alpha value is -2.38. The number of aromatic nitrogens is 1. The molecule has 1 aliphatic rings. The van der Waals surface area contributed by atoms with E-state index < -0.39 is 19.9 Å². The summed E-state index contributed by atoms with van der Waals surface area (Å²) in [5, 5.41) is 0.450. The molecule has 2 heterocycles. The number of sulfone groups is 1. The first-order chi connectivity index (χ1) is 17.4. The van der Waals surface area contributed by atoms with Crippen molar-refractivity contribution in [2.45, 2.75) is 29.6 Å². The van der Waals surface area contributed by atoms with Gasteiger partial charge in [0.15, 0.2) is 15.0 Å². The van der Waals surface area contributed by atoms with Crippen molar-refractivity contribution in [2.24, 2.45) is 5.92 Å². The van der Waals surface area contributed by atoms with E-state index in [1.165, 1.54) is 33.8 Å². The number of carbonyl (C=O) groups is 1. The average Bonchev–Trinajstić information content (AvgIpc) is 3.26. The van der Waals surface area contributed by atoms with E-state index >= 15 is 0 Å². The number of hydrogen-bond acceptors (Lipinski definition) is 8. The molecule has 1 atom stereocenters. The minimum absolute atomic E-state index is 0.172. The second-order valence-corrected chi connectivity index (χ2v) is 14.8. The van der Waals surface area contributed by atoms with Crippen LogP contribution in [0.15, 0.2) is 52.3 Å². The van der Waals surface area contributed by atoms with Crippen molar-refractivity contribution in [3.8, 4) is 0 Å². The normalized spacial score (nSPS) is 17.4. The van der Waals surface area contributed by atoms with Crippen molar-refractivity contribution in [2.75, 3.05) is 51.4 Å². The second-order valence-electron chi connectivity index (χ2n) is 9.79. The van der Waals surface area contributed by atoms with Gasteiger partial charge in [0, 0.05) is 38.0 Å². The first-order valence-electron chi connectivity index (χ1n) is 12.0. The van der Waals surface area contributed by atoms with Crippen LogP contribution in [-0.2, 0) is 19.9 Å². The maximum absolute atomic E-state index is 13.6. The molecule has 0 bridgehead atoms. The number of amides is 1. The monoisotopic (exact) mass is 564 g/mol. The molecule has 2 aromatic carbocycles. The Balaban J connectivity index is 1.63. The number of nitrogens with zero attached hydrogens (tertiary/aromatic N) is 4. The van der Waals surface area contributed by atoms with E-state index in [-0.39, 0.29) is 15.7 Å². The van der Waals surface area contributed by atoms with Crippen molar-refractivity contribution in [1.82, 2.24) is 14.2 Å². The van der Waals surface area contributed by atoms with E-state index in [0.29, 0.717) is 53.0 Å². The van der Waals surface area contributed by atoms with Crippen LogP contribution in [0.3, 0.4) is 0 Å². The second kappa shape index (κ2) is 10.8.